The Labute approximate surface area is 142 Å². The second kappa shape index (κ2) is 8.19. The minimum atomic E-state index is -0.646. The van der Waals surface area contributed by atoms with Gasteiger partial charge in [-0.05, 0) is 48.5 Å². The van der Waals surface area contributed by atoms with Gasteiger partial charge in [0.05, 0.1) is 0 Å². The topological polar surface area (TPSA) is 93.5 Å². The fourth-order valence-electron chi connectivity index (χ4n) is 1.77. The highest BCUT2D eigenvalue weighted by atomic mass is 79.9. The predicted octanol–water partition coefficient (Wildman–Crippen LogP) is 3.24. The van der Waals surface area contributed by atoms with Crippen LogP contribution in [0, 0.1) is 0 Å². The minimum Gasteiger partial charge on any atom is -0.457 e. The van der Waals surface area contributed by atoms with Crippen molar-refractivity contribution in [1.82, 2.24) is 5.32 Å². The van der Waals surface area contributed by atoms with Crippen LogP contribution in [-0.4, -0.2) is 18.5 Å². The van der Waals surface area contributed by atoms with Crippen LogP contribution < -0.4 is 21.1 Å². The molecule has 0 bridgehead atoms. The summed E-state index contributed by atoms with van der Waals surface area (Å²) in [6, 6.07) is 13.9. The first kappa shape index (κ1) is 16.8. The number of nitrogens with one attached hydrogen (secondary N) is 2. The van der Waals surface area contributed by atoms with Gasteiger partial charge in [-0.1, -0.05) is 15.9 Å². The molecule has 3 amide bonds. The fourth-order valence-corrected chi connectivity index (χ4v) is 2.03. The summed E-state index contributed by atoms with van der Waals surface area (Å²) < 4.78 is 6.67. The average Bonchev–Trinajstić information content (AvgIpc) is 2.51. The van der Waals surface area contributed by atoms with E-state index in [1.54, 1.807) is 24.3 Å². The van der Waals surface area contributed by atoms with Crippen LogP contribution in [-0.2, 0) is 4.79 Å². The maximum atomic E-state index is 11.7. The van der Waals surface area contributed by atoms with E-state index < -0.39 is 6.03 Å². The molecule has 2 rings (SSSR count). The average molecular weight is 378 g/mol. The summed E-state index contributed by atoms with van der Waals surface area (Å²) in [5, 5.41) is 5.08. The molecule has 0 radical (unpaired) electrons. The molecule has 0 fully saturated rings. The van der Waals surface area contributed by atoms with E-state index in [-0.39, 0.29) is 18.9 Å². The highest BCUT2D eigenvalue weighted by molar-refractivity contribution is 9.10. The molecule has 0 unspecified atom stereocenters. The van der Waals surface area contributed by atoms with E-state index in [0.717, 1.165) is 10.2 Å². The number of ether oxygens (including phenoxy) is 1. The van der Waals surface area contributed by atoms with Crippen LogP contribution in [0.5, 0.6) is 11.5 Å². The van der Waals surface area contributed by atoms with Crippen LogP contribution in [0.4, 0.5) is 10.5 Å². The van der Waals surface area contributed by atoms with E-state index in [2.05, 4.69) is 26.6 Å². The Bertz CT molecular complexity index is 672. The lowest BCUT2D eigenvalue weighted by atomic mass is 10.3. The molecular formula is C16H16BrN3O3. The highest BCUT2D eigenvalue weighted by Gasteiger charge is 2.04. The van der Waals surface area contributed by atoms with E-state index in [0.29, 0.717) is 11.4 Å². The van der Waals surface area contributed by atoms with Crippen molar-refractivity contribution in [2.24, 2.45) is 5.73 Å². The molecule has 6 nitrogen and oxygen atoms in total. The first-order valence-electron chi connectivity index (χ1n) is 6.89. The van der Waals surface area contributed by atoms with E-state index in [1.165, 1.54) is 0 Å². The first-order valence-corrected chi connectivity index (χ1v) is 7.69. The molecule has 0 saturated carbocycles. The Kier molecular flexibility index (Phi) is 5.99. The summed E-state index contributed by atoms with van der Waals surface area (Å²) in [6.07, 6.45) is 0.153. The van der Waals surface area contributed by atoms with Gasteiger partial charge >= 0.3 is 6.03 Å². The van der Waals surface area contributed by atoms with Crippen LogP contribution in [0.1, 0.15) is 6.42 Å². The Morgan fingerprint density at radius 2 is 1.57 bits per heavy atom. The number of hydrogen-bond acceptors (Lipinski definition) is 3. The molecule has 0 aliphatic heterocycles. The zero-order valence-corrected chi connectivity index (χ0v) is 13.8. The Hall–Kier alpha value is -2.54. The van der Waals surface area contributed by atoms with Crippen molar-refractivity contribution < 1.29 is 14.3 Å². The largest absolute Gasteiger partial charge is 0.457 e. The Balaban J connectivity index is 1.85. The molecule has 23 heavy (non-hydrogen) atoms. The number of nitrogens with two attached hydrogens (primary N) is 1. The molecule has 120 valence electrons. The molecule has 0 saturated heterocycles. The third-order valence-corrected chi connectivity index (χ3v) is 3.37. The number of benzene rings is 2. The molecule has 0 atom stereocenters. The number of rotatable bonds is 6. The van der Waals surface area contributed by atoms with Crippen molar-refractivity contribution in [3.8, 4) is 11.5 Å². The van der Waals surface area contributed by atoms with Crippen molar-refractivity contribution in [1.29, 1.82) is 0 Å². The van der Waals surface area contributed by atoms with E-state index in [9.17, 15) is 9.59 Å². The standard InChI is InChI=1S/C16H16BrN3O3/c17-11-1-5-13(6-2-11)23-14-7-3-12(4-8-14)20-15(21)9-10-19-16(18)22/h1-8H,9-10H2,(H,20,21)(H3,18,19,22). The zero-order valence-electron chi connectivity index (χ0n) is 12.2. The summed E-state index contributed by atoms with van der Waals surface area (Å²) in [5.74, 6) is 1.18. The maximum Gasteiger partial charge on any atom is 0.312 e. The van der Waals surface area contributed by atoms with E-state index in [1.807, 2.05) is 24.3 Å². The molecule has 0 aromatic heterocycles. The Morgan fingerprint density at radius 1 is 1.00 bits per heavy atom. The number of amides is 3. The van der Waals surface area contributed by atoms with Gasteiger partial charge in [0.15, 0.2) is 0 Å². The second-order valence-electron chi connectivity index (χ2n) is 4.67. The first-order chi connectivity index (χ1) is 11.0. The molecule has 4 N–H and O–H groups in total. The SMILES string of the molecule is NC(=O)NCCC(=O)Nc1ccc(Oc2ccc(Br)cc2)cc1. The maximum absolute atomic E-state index is 11.7. The van der Waals surface area contributed by atoms with Gasteiger partial charge < -0.3 is 21.1 Å². The quantitative estimate of drug-likeness (QED) is 0.721. The number of carbonyl (C=O) groups is 2. The fraction of sp³-hybridized carbons (Fsp3) is 0.125. The summed E-state index contributed by atoms with van der Waals surface area (Å²) in [4.78, 5) is 22.2. The van der Waals surface area contributed by atoms with Crippen LogP contribution in [0.3, 0.4) is 0 Å². The van der Waals surface area contributed by atoms with Crippen LogP contribution >= 0.6 is 15.9 Å². The van der Waals surface area contributed by atoms with Gasteiger partial charge in [0.1, 0.15) is 11.5 Å². The third-order valence-electron chi connectivity index (χ3n) is 2.84. The molecule has 0 heterocycles. The molecular weight excluding hydrogens is 362 g/mol. The highest BCUT2D eigenvalue weighted by Crippen LogP contribution is 2.24. The number of anilines is 1. The van der Waals surface area contributed by atoms with Gasteiger partial charge in [-0.25, -0.2) is 4.79 Å². The van der Waals surface area contributed by atoms with E-state index >= 15 is 0 Å². The van der Waals surface area contributed by atoms with Crippen molar-refractivity contribution in [3.63, 3.8) is 0 Å². The van der Waals surface area contributed by atoms with Crippen LogP contribution in [0.25, 0.3) is 0 Å². The van der Waals surface area contributed by atoms with Gasteiger partial charge in [0.25, 0.3) is 0 Å². The summed E-state index contributed by atoms with van der Waals surface area (Å²) >= 11 is 3.36. The van der Waals surface area contributed by atoms with Gasteiger partial charge in [-0.2, -0.15) is 0 Å². The van der Waals surface area contributed by atoms with Gasteiger partial charge in [0, 0.05) is 23.1 Å². The summed E-state index contributed by atoms with van der Waals surface area (Å²) in [7, 11) is 0. The van der Waals surface area contributed by atoms with E-state index in [4.69, 9.17) is 10.5 Å². The molecule has 0 aliphatic rings. The lowest BCUT2D eigenvalue weighted by molar-refractivity contribution is -0.116. The lowest BCUT2D eigenvalue weighted by Crippen LogP contribution is -2.32. The van der Waals surface area contributed by atoms with Gasteiger partial charge in [-0.3, -0.25) is 4.79 Å². The number of hydrogen-bond donors (Lipinski definition) is 3. The Morgan fingerprint density at radius 3 is 2.13 bits per heavy atom. The number of urea groups is 1. The van der Waals surface area contributed by atoms with Crippen molar-refractivity contribution in [2.75, 3.05) is 11.9 Å². The normalized spacial score (nSPS) is 9.96. The minimum absolute atomic E-state index is 0.153. The number of primary amides is 1. The van der Waals surface area contributed by atoms with Crippen molar-refractivity contribution in [3.05, 3.63) is 53.0 Å². The van der Waals surface area contributed by atoms with Crippen molar-refractivity contribution >= 4 is 33.6 Å². The third kappa shape index (κ3) is 5.99. The predicted molar refractivity (Wildman–Crippen MR) is 91.5 cm³/mol. The summed E-state index contributed by atoms with van der Waals surface area (Å²) in [6.45, 7) is 0.200. The molecule has 2 aromatic carbocycles. The van der Waals surface area contributed by atoms with Crippen LogP contribution in [0.2, 0.25) is 0 Å². The second-order valence-corrected chi connectivity index (χ2v) is 5.59. The summed E-state index contributed by atoms with van der Waals surface area (Å²) in [5.41, 5.74) is 5.57. The molecule has 0 aliphatic carbocycles. The van der Waals surface area contributed by atoms with Crippen LogP contribution in [0.15, 0.2) is 53.0 Å². The molecule has 2 aromatic rings. The number of carbonyl (C=O) groups excluding carboxylic acids is 2. The number of halogens is 1. The zero-order chi connectivity index (χ0) is 16.7. The molecule has 7 heteroatoms. The molecule has 0 spiro atoms. The smallest absolute Gasteiger partial charge is 0.312 e. The lowest BCUT2D eigenvalue weighted by Gasteiger charge is -2.08. The van der Waals surface area contributed by atoms with Crippen molar-refractivity contribution in [2.45, 2.75) is 6.42 Å². The van der Waals surface area contributed by atoms with Gasteiger partial charge in [-0.15, -0.1) is 0 Å². The monoisotopic (exact) mass is 377 g/mol. The van der Waals surface area contributed by atoms with Gasteiger partial charge in [0.2, 0.25) is 5.91 Å².